The van der Waals surface area contributed by atoms with Crippen LogP contribution in [0.3, 0.4) is 0 Å². The lowest BCUT2D eigenvalue weighted by Crippen LogP contribution is -2.40. The van der Waals surface area contributed by atoms with Gasteiger partial charge >= 0.3 is 0 Å². The Kier molecular flexibility index (Phi) is 8.00. The number of hydrogen-bond donors (Lipinski definition) is 1. The van der Waals surface area contributed by atoms with E-state index in [1.54, 1.807) is 25.3 Å². The van der Waals surface area contributed by atoms with Gasteiger partial charge in [-0.1, -0.05) is 24.3 Å². The van der Waals surface area contributed by atoms with Crippen molar-refractivity contribution >= 4 is 0 Å². The molecule has 174 valence electrons. The van der Waals surface area contributed by atoms with E-state index in [4.69, 9.17) is 9.47 Å². The third-order valence-corrected chi connectivity index (χ3v) is 6.77. The van der Waals surface area contributed by atoms with Crippen LogP contribution in [0.15, 0.2) is 42.5 Å². The maximum absolute atomic E-state index is 14.0. The zero-order valence-corrected chi connectivity index (χ0v) is 19.0. The van der Waals surface area contributed by atoms with Crippen molar-refractivity contribution in [1.29, 1.82) is 0 Å². The molecule has 2 heterocycles. The molecular weight excluding hydrogens is 407 g/mol. The summed E-state index contributed by atoms with van der Waals surface area (Å²) in [5, 5.41) is 10.5. The molecule has 2 fully saturated rings. The number of methoxy groups -OCH3 is 1. The van der Waals surface area contributed by atoms with E-state index in [1.807, 2.05) is 24.3 Å². The molecule has 0 spiro atoms. The van der Waals surface area contributed by atoms with Crippen molar-refractivity contribution in [3.63, 3.8) is 0 Å². The first-order chi connectivity index (χ1) is 15.6. The fraction of sp³-hybridized carbons (Fsp3) is 0.538. The third kappa shape index (κ3) is 6.00. The van der Waals surface area contributed by atoms with Crippen molar-refractivity contribution in [1.82, 2.24) is 9.80 Å². The Morgan fingerprint density at radius 3 is 2.62 bits per heavy atom. The van der Waals surface area contributed by atoms with Gasteiger partial charge in [-0.05, 0) is 62.9 Å². The van der Waals surface area contributed by atoms with Crippen LogP contribution >= 0.6 is 0 Å². The van der Waals surface area contributed by atoms with Crippen molar-refractivity contribution < 1.29 is 19.0 Å². The molecule has 0 unspecified atom stereocenters. The second kappa shape index (κ2) is 11.1. The molecule has 2 aromatic rings. The van der Waals surface area contributed by atoms with Gasteiger partial charge in [-0.3, -0.25) is 9.80 Å². The lowest BCUT2D eigenvalue weighted by atomic mass is 9.95. The topological polar surface area (TPSA) is 45.2 Å². The summed E-state index contributed by atoms with van der Waals surface area (Å²) < 4.78 is 25.4. The minimum Gasteiger partial charge on any atom is -0.507 e. The van der Waals surface area contributed by atoms with Crippen molar-refractivity contribution in [3.05, 3.63) is 59.4 Å². The number of nitrogens with zero attached hydrogens (tertiary/aromatic N) is 2. The summed E-state index contributed by atoms with van der Waals surface area (Å²) in [5.41, 5.74) is 1.61. The zero-order valence-electron chi connectivity index (χ0n) is 19.0. The molecule has 0 saturated carbocycles. The molecule has 0 bridgehead atoms. The molecule has 2 aromatic carbocycles. The van der Waals surface area contributed by atoms with Gasteiger partial charge in [0.1, 0.15) is 17.3 Å². The van der Waals surface area contributed by atoms with E-state index >= 15 is 0 Å². The quantitative estimate of drug-likeness (QED) is 0.622. The second-order valence-electron chi connectivity index (χ2n) is 9.10. The van der Waals surface area contributed by atoms with Gasteiger partial charge in [-0.15, -0.1) is 0 Å². The highest BCUT2D eigenvalue weighted by molar-refractivity contribution is 5.43. The maximum Gasteiger partial charge on any atom is 0.127 e. The molecule has 2 aliphatic rings. The highest BCUT2D eigenvalue weighted by Gasteiger charge is 2.26. The minimum absolute atomic E-state index is 0.117. The average Bonchev–Trinajstić information content (AvgIpc) is 3.31. The average molecular weight is 443 g/mol. The number of ether oxygens (including phenoxy) is 2. The summed E-state index contributed by atoms with van der Waals surface area (Å²) in [6, 6.07) is 12.5. The zero-order chi connectivity index (χ0) is 22.3. The number of piperidine rings is 1. The molecule has 0 aliphatic carbocycles. The monoisotopic (exact) mass is 442 g/mol. The number of rotatable bonds is 9. The van der Waals surface area contributed by atoms with Gasteiger partial charge in [0.2, 0.25) is 0 Å². The SMILES string of the molecule is COc1cccc(O)c1CN(CC1CCN(Cc2ccccc2F)CC1)C[C@@H]1CCCO1. The number of phenolic OH excluding ortho intramolecular Hbond substituents is 1. The van der Waals surface area contributed by atoms with E-state index in [9.17, 15) is 9.50 Å². The summed E-state index contributed by atoms with van der Waals surface area (Å²) in [7, 11) is 1.65. The van der Waals surface area contributed by atoms with E-state index in [-0.39, 0.29) is 17.7 Å². The first-order valence-electron chi connectivity index (χ1n) is 11.8. The van der Waals surface area contributed by atoms with E-state index in [1.165, 1.54) is 0 Å². The summed E-state index contributed by atoms with van der Waals surface area (Å²) in [4.78, 5) is 4.77. The largest absolute Gasteiger partial charge is 0.507 e. The number of halogens is 1. The Bertz CT molecular complexity index is 864. The van der Waals surface area contributed by atoms with E-state index in [0.29, 0.717) is 19.0 Å². The molecular formula is C26H35FN2O3. The van der Waals surface area contributed by atoms with Crippen LogP contribution in [0.25, 0.3) is 0 Å². The van der Waals surface area contributed by atoms with E-state index in [2.05, 4.69) is 9.80 Å². The van der Waals surface area contributed by atoms with Crippen molar-refractivity contribution in [2.45, 2.75) is 44.9 Å². The maximum atomic E-state index is 14.0. The van der Waals surface area contributed by atoms with E-state index < -0.39 is 0 Å². The number of benzene rings is 2. The Labute approximate surface area is 190 Å². The molecule has 0 radical (unpaired) electrons. The van der Waals surface area contributed by atoms with Crippen LogP contribution in [0, 0.1) is 11.7 Å². The molecule has 1 atom stereocenters. The summed E-state index contributed by atoms with van der Waals surface area (Å²) in [6.45, 7) is 5.95. The predicted octanol–water partition coefficient (Wildman–Crippen LogP) is 4.43. The highest BCUT2D eigenvalue weighted by atomic mass is 19.1. The first kappa shape index (κ1) is 23.0. The number of phenols is 1. The van der Waals surface area contributed by atoms with Crippen molar-refractivity contribution in [3.8, 4) is 11.5 Å². The van der Waals surface area contributed by atoms with Gasteiger partial charge in [0.15, 0.2) is 0 Å². The molecule has 0 aromatic heterocycles. The molecule has 2 saturated heterocycles. The highest BCUT2D eigenvalue weighted by Crippen LogP contribution is 2.30. The molecule has 32 heavy (non-hydrogen) atoms. The number of likely N-dealkylation sites (tertiary alicyclic amines) is 1. The lowest BCUT2D eigenvalue weighted by Gasteiger charge is -2.36. The number of aromatic hydroxyl groups is 1. The van der Waals surface area contributed by atoms with Gasteiger partial charge in [0.25, 0.3) is 0 Å². The van der Waals surface area contributed by atoms with Crippen molar-refractivity contribution in [2.24, 2.45) is 5.92 Å². The van der Waals surface area contributed by atoms with Crippen molar-refractivity contribution in [2.75, 3.05) is 39.9 Å². The molecule has 0 amide bonds. The summed E-state index contributed by atoms with van der Waals surface area (Å²) >= 11 is 0. The van der Waals surface area contributed by atoms with Crippen LogP contribution in [-0.4, -0.2) is 60.9 Å². The van der Waals surface area contributed by atoms with E-state index in [0.717, 1.165) is 75.3 Å². The van der Waals surface area contributed by atoms with Crippen LogP contribution in [-0.2, 0) is 17.8 Å². The van der Waals surface area contributed by atoms with Crippen LogP contribution < -0.4 is 4.74 Å². The lowest BCUT2D eigenvalue weighted by molar-refractivity contribution is 0.0563. The van der Waals surface area contributed by atoms with Gasteiger partial charge < -0.3 is 14.6 Å². The molecule has 4 rings (SSSR count). The molecule has 1 N–H and O–H groups in total. The second-order valence-corrected chi connectivity index (χ2v) is 9.10. The van der Waals surface area contributed by atoms with Crippen LogP contribution in [0.4, 0.5) is 4.39 Å². The van der Waals surface area contributed by atoms with Crippen LogP contribution in [0.1, 0.15) is 36.8 Å². The summed E-state index contributed by atoms with van der Waals surface area (Å²) in [5.74, 6) is 1.46. The number of hydrogen-bond acceptors (Lipinski definition) is 5. The molecule has 2 aliphatic heterocycles. The Balaban J connectivity index is 1.37. The van der Waals surface area contributed by atoms with Crippen LogP contribution in [0.2, 0.25) is 0 Å². The minimum atomic E-state index is -0.117. The van der Waals surface area contributed by atoms with Gasteiger partial charge in [0.05, 0.1) is 13.2 Å². The van der Waals surface area contributed by atoms with Gasteiger partial charge in [0, 0.05) is 43.9 Å². The standard InChI is InChI=1S/C26H35FN2O3/c1-31-26-10-4-9-25(30)23(26)19-29(18-22-7-5-15-32-22)16-20-11-13-28(14-12-20)17-21-6-2-3-8-24(21)27/h2-4,6,8-10,20,22,30H,5,7,11-19H2,1H3/t22-/m0/s1. The normalized spacial score (nSPS) is 20.2. The molecule has 5 nitrogen and oxygen atoms in total. The molecule has 6 heteroatoms. The summed E-state index contributed by atoms with van der Waals surface area (Å²) in [6.07, 6.45) is 4.65. The Morgan fingerprint density at radius 2 is 1.91 bits per heavy atom. The fourth-order valence-corrected chi connectivity index (χ4v) is 4.97. The van der Waals surface area contributed by atoms with Gasteiger partial charge in [-0.25, -0.2) is 4.39 Å². The Morgan fingerprint density at radius 1 is 1.09 bits per heavy atom. The Hall–Kier alpha value is -2.15. The fourth-order valence-electron chi connectivity index (χ4n) is 4.97. The van der Waals surface area contributed by atoms with Gasteiger partial charge in [-0.2, -0.15) is 0 Å². The third-order valence-electron chi connectivity index (χ3n) is 6.77. The van der Waals surface area contributed by atoms with Crippen LogP contribution in [0.5, 0.6) is 11.5 Å². The smallest absolute Gasteiger partial charge is 0.127 e. The predicted molar refractivity (Wildman–Crippen MR) is 123 cm³/mol. The first-order valence-corrected chi connectivity index (χ1v) is 11.8.